The van der Waals surface area contributed by atoms with Gasteiger partial charge in [-0.25, -0.2) is 0 Å². The maximum atomic E-state index is 12.9. The third-order valence-corrected chi connectivity index (χ3v) is 6.37. The van der Waals surface area contributed by atoms with E-state index >= 15 is 0 Å². The zero-order chi connectivity index (χ0) is 22.5. The van der Waals surface area contributed by atoms with E-state index in [4.69, 9.17) is 16.0 Å². The molecule has 1 atom stereocenters. The third-order valence-electron chi connectivity index (χ3n) is 4.96. The Kier molecular flexibility index (Phi) is 6.93. The first kappa shape index (κ1) is 22.1. The average Bonchev–Trinajstić information content (AvgIpc) is 3.37. The summed E-state index contributed by atoms with van der Waals surface area (Å²) < 4.78 is 5.81. The van der Waals surface area contributed by atoms with Gasteiger partial charge in [-0.15, -0.1) is 11.7 Å². The van der Waals surface area contributed by atoms with Crippen LogP contribution in [0.25, 0.3) is 11.3 Å². The molecule has 1 saturated heterocycles. The molecular formula is C25H22ClN3O2S. The van der Waals surface area contributed by atoms with Crippen LogP contribution in [-0.4, -0.2) is 34.0 Å². The standard InChI is InChI=1S/C25H22ClN3O2S/c1-3-14-29-24(30)23(15-18-6-4-17(2)5-7-18)32-25(29)28-27-16-21-12-13-22(31-21)19-8-10-20(26)11-9-19/h3-13,16,23H,1,14-15H2,2H3/b27-16-,28-25-/t23-/m1/s1. The molecule has 1 aliphatic rings. The van der Waals surface area contributed by atoms with E-state index in [0.29, 0.717) is 34.7 Å². The van der Waals surface area contributed by atoms with Gasteiger partial charge in [0.25, 0.3) is 0 Å². The number of benzene rings is 2. The van der Waals surface area contributed by atoms with Crippen molar-refractivity contribution < 1.29 is 9.21 Å². The van der Waals surface area contributed by atoms with Crippen molar-refractivity contribution in [2.24, 2.45) is 10.2 Å². The number of rotatable bonds is 7. The molecule has 3 aromatic rings. The van der Waals surface area contributed by atoms with E-state index in [9.17, 15) is 4.79 Å². The number of amidine groups is 1. The van der Waals surface area contributed by atoms with Crippen LogP contribution in [0.4, 0.5) is 0 Å². The van der Waals surface area contributed by atoms with Gasteiger partial charge in [-0.2, -0.15) is 5.10 Å². The van der Waals surface area contributed by atoms with Crippen LogP contribution in [0.15, 0.2) is 87.9 Å². The lowest BCUT2D eigenvalue weighted by molar-refractivity contribution is -0.125. The van der Waals surface area contributed by atoms with E-state index in [-0.39, 0.29) is 11.2 Å². The fourth-order valence-electron chi connectivity index (χ4n) is 3.28. The van der Waals surface area contributed by atoms with Gasteiger partial charge in [0.1, 0.15) is 11.5 Å². The predicted octanol–water partition coefficient (Wildman–Crippen LogP) is 5.97. The van der Waals surface area contributed by atoms with Crippen molar-refractivity contribution in [3.8, 4) is 11.3 Å². The zero-order valence-corrected chi connectivity index (χ0v) is 19.1. The highest BCUT2D eigenvalue weighted by Gasteiger charge is 2.37. The van der Waals surface area contributed by atoms with Crippen LogP contribution in [-0.2, 0) is 11.2 Å². The molecule has 0 radical (unpaired) electrons. The number of halogens is 1. The highest BCUT2D eigenvalue weighted by atomic mass is 35.5. The maximum absolute atomic E-state index is 12.9. The number of nitrogens with zero attached hydrogens (tertiary/aromatic N) is 3. The molecule has 5 nitrogen and oxygen atoms in total. The molecule has 162 valence electrons. The van der Waals surface area contributed by atoms with Crippen molar-refractivity contribution in [3.63, 3.8) is 0 Å². The summed E-state index contributed by atoms with van der Waals surface area (Å²) in [6, 6.07) is 19.3. The number of amides is 1. The topological polar surface area (TPSA) is 58.2 Å². The van der Waals surface area contributed by atoms with Crippen molar-refractivity contribution in [2.45, 2.75) is 18.6 Å². The van der Waals surface area contributed by atoms with E-state index < -0.39 is 0 Å². The van der Waals surface area contributed by atoms with E-state index in [1.54, 1.807) is 11.0 Å². The number of carbonyl (C=O) groups is 1. The van der Waals surface area contributed by atoms with Crippen molar-refractivity contribution >= 4 is 40.7 Å². The molecule has 1 aliphatic heterocycles. The summed E-state index contributed by atoms with van der Waals surface area (Å²) in [6.45, 7) is 6.20. The number of thioether (sulfide) groups is 1. The minimum absolute atomic E-state index is 0.0208. The van der Waals surface area contributed by atoms with Crippen molar-refractivity contribution in [3.05, 3.63) is 95.2 Å². The summed E-state index contributed by atoms with van der Waals surface area (Å²) in [5.74, 6) is 1.31. The summed E-state index contributed by atoms with van der Waals surface area (Å²) in [4.78, 5) is 14.5. The van der Waals surface area contributed by atoms with E-state index in [0.717, 1.165) is 11.1 Å². The first-order valence-electron chi connectivity index (χ1n) is 10.1. The van der Waals surface area contributed by atoms with Crippen molar-refractivity contribution in [2.75, 3.05) is 6.54 Å². The second kappa shape index (κ2) is 10.0. The Morgan fingerprint density at radius 2 is 1.88 bits per heavy atom. The first-order valence-corrected chi connectivity index (χ1v) is 11.4. The Morgan fingerprint density at radius 3 is 2.59 bits per heavy atom. The fraction of sp³-hybridized carbons (Fsp3) is 0.160. The van der Waals surface area contributed by atoms with E-state index in [2.05, 4.69) is 41.0 Å². The predicted molar refractivity (Wildman–Crippen MR) is 132 cm³/mol. The molecule has 32 heavy (non-hydrogen) atoms. The Morgan fingerprint density at radius 1 is 1.12 bits per heavy atom. The lowest BCUT2D eigenvalue weighted by Gasteiger charge is -2.12. The molecule has 7 heteroatoms. The minimum Gasteiger partial charge on any atom is -0.455 e. The van der Waals surface area contributed by atoms with E-state index in [1.165, 1.54) is 23.5 Å². The highest BCUT2D eigenvalue weighted by molar-refractivity contribution is 8.15. The number of carbonyl (C=O) groups excluding carboxylic acids is 1. The van der Waals surface area contributed by atoms with Crippen LogP contribution >= 0.6 is 23.4 Å². The second-order valence-corrected chi connectivity index (χ2v) is 8.98. The number of hydrogen-bond donors (Lipinski definition) is 0. The maximum Gasteiger partial charge on any atom is 0.242 e. The molecule has 2 heterocycles. The summed E-state index contributed by atoms with van der Waals surface area (Å²) >= 11 is 7.36. The molecule has 1 amide bonds. The van der Waals surface area contributed by atoms with Crippen molar-refractivity contribution in [1.29, 1.82) is 0 Å². The third kappa shape index (κ3) is 5.21. The van der Waals surface area contributed by atoms with Crippen LogP contribution in [0, 0.1) is 6.92 Å². The highest BCUT2D eigenvalue weighted by Crippen LogP contribution is 2.30. The molecule has 1 fully saturated rings. The molecule has 0 N–H and O–H groups in total. The molecular weight excluding hydrogens is 442 g/mol. The Balaban J connectivity index is 1.47. The number of aryl methyl sites for hydroxylation is 1. The summed E-state index contributed by atoms with van der Waals surface area (Å²) in [6.07, 6.45) is 3.87. The summed E-state index contributed by atoms with van der Waals surface area (Å²) in [5, 5.41) is 9.47. The van der Waals surface area contributed by atoms with Crippen LogP contribution in [0.3, 0.4) is 0 Å². The van der Waals surface area contributed by atoms with Gasteiger partial charge in [0, 0.05) is 17.1 Å². The van der Waals surface area contributed by atoms with Crippen LogP contribution in [0.1, 0.15) is 16.9 Å². The van der Waals surface area contributed by atoms with Gasteiger partial charge in [-0.3, -0.25) is 9.69 Å². The molecule has 0 unspecified atom stereocenters. The Hall–Kier alpha value is -3.09. The van der Waals surface area contributed by atoms with Gasteiger partial charge < -0.3 is 4.42 Å². The average molecular weight is 464 g/mol. The Labute approximate surface area is 196 Å². The molecule has 0 spiro atoms. The quantitative estimate of drug-likeness (QED) is 0.246. The molecule has 4 rings (SSSR count). The van der Waals surface area contributed by atoms with Gasteiger partial charge in [-0.1, -0.05) is 59.3 Å². The van der Waals surface area contributed by atoms with Gasteiger partial charge in [0.15, 0.2) is 5.17 Å². The van der Waals surface area contributed by atoms with Gasteiger partial charge in [-0.05, 0) is 55.3 Å². The van der Waals surface area contributed by atoms with Gasteiger partial charge >= 0.3 is 0 Å². The lowest BCUT2D eigenvalue weighted by atomic mass is 10.1. The normalized spacial score (nSPS) is 17.6. The van der Waals surface area contributed by atoms with Gasteiger partial charge in [0.2, 0.25) is 5.91 Å². The first-order chi connectivity index (χ1) is 15.5. The molecule has 2 aromatic carbocycles. The number of furan rings is 1. The summed E-state index contributed by atoms with van der Waals surface area (Å²) in [5.41, 5.74) is 3.24. The lowest BCUT2D eigenvalue weighted by Crippen LogP contribution is -2.32. The molecule has 1 aromatic heterocycles. The monoisotopic (exact) mass is 463 g/mol. The smallest absolute Gasteiger partial charge is 0.242 e. The number of hydrogen-bond acceptors (Lipinski definition) is 5. The Bertz CT molecular complexity index is 1170. The minimum atomic E-state index is -0.230. The SMILES string of the molecule is C=CCN1C(=O)[C@@H](Cc2ccc(C)cc2)S/C1=N\N=C/c1ccc(-c2ccc(Cl)cc2)o1. The molecule has 0 bridgehead atoms. The van der Waals surface area contributed by atoms with Crippen LogP contribution in [0.2, 0.25) is 5.02 Å². The van der Waals surface area contributed by atoms with E-state index in [1.807, 2.05) is 43.3 Å². The fourth-order valence-corrected chi connectivity index (χ4v) is 4.55. The second-order valence-electron chi connectivity index (χ2n) is 7.37. The van der Waals surface area contributed by atoms with Crippen LogP contribution in [0.5, 0.6) is 0 Å². The van der Waals surface area contributed by atoms with Gasteiger partial charge in [0.05, 0.1) is 11.5 Å². The summed E-state index contributed by atoms with van der Waals surface area (Å²) in [7, 11) is 0. The zero-order valence-electron chi connectivity index (χ0n) is 17.6. The van der Waals surface area contributed by atoms with Crippen LogP contribution < -0.4 is 0 Å². The van der Waals surface area contributed by atoms with Crippen molar-refractivity contribution in [1.82, 2.24) is 4.90 Å². The molecule has 0 aliphatic carbocycles. The molecule has 0 saturated carbocycles. The largest absolute Gasteiger partial charge is 0.455 e.